The van der Waals surface area contributed by atoms with Crippen molar-refractivity contribution in [1.82, 2.24) is 5.32 Å². The van der Waals surface area contributed by atoms with Crippen LogP contribution in [0.2, 0.25) is 0 Å². The van der Waals surface area contributed by atoms with Crippen LogP contribution in [-0.2, 0) is 4.79 Å². The second-order valence-electron chi connectivity index (χ2n) is 4.62. The molecule has 3 heteroatoms. The minimum Gasteiger partial charge on any atom is -0.350 e. The third-order valence-electron chi connectivity index (χ3n) is 2.79. The number of rotatable bonds is 4. The average molecular weight is 220 g/mol. The highest BCUT2D eigenvalue weighted by Crippen LogP contribution is 2.13. The predicted molar refractivity (Wildman–Crippen MR) is 65.9 cm³/mol. The van der Waals surface area contributed by atoms with Crippen LogP contribution in [0.15, 0.2) is 30.3 Å². The van der Waals surface area contributed by atoms with Gasteiger partial charge in [-0.2, -0.15) is 0 Å². The molecular formula is C13H20N2O. The number of carbonyl (C=O) groups is 1. The molecule has 0 bridgehead atoms. The van der Waals surface area contributed by atoms with Crippen LogP contribution < -0.4 is 11.1 Å². The summed E-state index contributed by atoms with van der Waals surface area (Å²) in [4.78, 5) is 11.9. The Bertz CT molecular complexity index is 346. The standard InChI is InChI=1S/C13H20N2O/c1-4-13(2,3)15-12(16)11(14)10-8-6-5-7-9-10/h5-9,11H,4,14H2,1-3H3,(H,15,16)/t11-/m1/s1. The van der Waals surface area contributed by atoms with Gasteiger partial charge in [-0.05, 0) is 25.8 Å². The lowest BCUT2D eigenvalue weighted by atomic mass is 10.00. The zero-order valence-corrected chi connectivity index (χ0v) is 10.2. The van der Waals surface area contributed by atoms with E-state index < -0.39 is 6.04 Å². The van der Waals surface area contributed by atoms with Gasteiger partial charge < -0.3 is 11.1 Å². The van der Waals surface area contributed by atoms with E-state index >= 15 is 0 Å². The Morgan fingerprint density at radius 2 is 1.94 bits per heavy atom. The van der Waals surface area contributed by atoms with E-state index in [1.807, 2.05) is 51.1 Å². The van der Waals surface area contributed by atoms with Gasteiger partial charge in [-0.25, -0.2) is 0 Å². The molecule has 0 radical (unpaired) electrons. The first-order chi connectivity index (χ1) is 7.46. The van der Waals surface area contributed by atoms with Crippen molar-refractivity contribution in [2.24, 2.45) is 5.73 Å². The minimum absolute atomic E-state index is 0.127. The van der Waals surface area contributed by atoms with E-state index in [0.29, 0.717) is 0 Å². The fourth-order valence-electron chi connectivity index (χ4n) is 1.31. The van der Waals surface area contributed by atoms with Gasteiger partial charge in [0.2, 0.25) is 5.91 Å². The fourth-order valence-corrected chi connectivity index (χ4v) is 1.31. The minimum atomic E-state index is -0.591. The van der Waals surface area contributed by atoms with Crippen molar-refractivity contribution in [3.05, 3.63) is 35.9 Å². The lowest BCUT2D eigenvalue weighted by Gasteiger charge is -2.26. The van der Waals surface area contributed by atoms with Gasteiger partial charge in [0, 0.05) is 5.54 Å². The van der Waals surface area contributed by atoms with E-state index in [1.54, 1.807) is 0 Å². The summed E-state index contributed by atoms with van der Waals surface area (Å²) in [5.74, 6) is -0.127. The van der Waals surface area contributed by atoms with E-state index in [-0.39, 0.29) is 11.4 Å². The first kappa shape index (κ1) is 12.7. The summed E-state index contributed by atoms with van der Waals surface area (Å²) in [5.41, 5.74) is 6.52. The second-order valence-corrected chi connectivity index (χ2v) is 4.62. The Morgan fingerprint density at radius 3 is 2.44 bits per heavy atom. The molecule has 3 N–H and O–H groups in total. The first-order valence-electron chi connectivity index (χ1n) is 5.59. The Hall–Kier alpha value is -1.35. The average Bonchev–Trinajstić information content (AvgIpc) is 2.28. The summed E-state index contributed by atoms with van der Waals surface area (Å²) in [7, 11) is 0. The molecule has 1 rings (SSSR count). The second kappa shape index (κ2) is 5.12. The molecule has 0 heterocycles. The van der Waals surface area contributed by atoms with E-state index in [1.165, 1.54) is 0 Å². The summed E-state index contributed by atoms with van der Waals surface area (Å²) in [6.07, 6.45) is 0.875. The summed E-state index contributed by atoms with van der Waals surface area (Å²) in [5, 5.41) is 2.94. The van der Waals surface area contributed by atoms with E-state index in [4.69, 9.17) is 5.73 Å². The van der Waals surface area contributed by atoms with Crippen LogP contribution in [0.3, 0.4) is 0 Å². The number of carbonyl (C=O) groups excluding carboxylic acids is 1. The molecular weight excluding hydrogens is 200 g/mol. The zero-order chi connectivity index (χ0) is 12.2. The van der Waals surface area contributed by atoms with Gasteiger partial charge in [0.15, 0.2) is 0 Å². The van der Waals surface area contributed by atoms with Crippen molar-refractivity contribution in [3.63, 3.8) is 0 Å². The van der Waals surface area contributed by atoms with E-state index in [2.05, 4.69) is 5.32 Å². The van der Waals surface area contributed by atoms with Crippen molar-refractivity contribution in [1.29, 1.82) is 0 Å². The normalized spacial score (nSPS) is 13.2. The monoisotopic (exact) mass is 220 g/mol. The Morgan fingerprint density at radius 1 is 1.38 bits per heavy atom. The van der Waals surface area contributed by atoms with Crippen LogP contribution in [0.5, 0.6) is 0 Å². The van der Waals surface area contributed by atoms with Crippen molar-refractivity contribution < 1.29 is 4.79 Å². The highest BCUT2D eigenvalue weighted by Gasteiger charge is 2.22. The molecule has 3 nitrogen and oxygen atoms in total. The maximum Gasteiger partial charge on any atom is 0.241 e. The third kappa shape index (κ3) is 3.35. The van der Waals surface area contributed by atoms with Gasteiger partial charge >= 0.3 is 0 Å². The number of nitrogens with two attached hydrogens (primary N) is 1. The van der Waals surface area contributed by atoms with Gasteiger partial charge in [0.1, 0.15) is 6.04 Å². The van der Waals surface area contributed by atoms with Crippen LogP contribution in [0.1, 0.15) is 38.8 Å². The zero-order valence-electron chi connectivity index (χ0n) is 10.2. The lowest BCUT2D eigenvalue weighted by Crippen LogP contribution is -2.46. The molecule has 0 unspecified atom stereocenters. The summed E-state index contributed by atoms with van der Waals surface area (Å²) < 4.78 is 0. The van der Waals surface area contributed by atoms with Gasteiger partial charge in [-0.15, -0.1) is 0 Å². The van der Waals surface area contributed by atoms with Crippen LogP contribution in [0.4, 0.5) is 0 Å². The summed E-state index contributed by atoms with van der Waals surface area (Å²) in [6, 6.07) is 8.81. The Kier molecular flexibility index (Phi) is 4.07. The summed E-state index contributed by atoms with van der Waals surface area (Å²) in [6.45, 7) is 6.01. The van der Waals surface area contributed by atoms with Crippen molar-refractivity contribution in [2.75, 3.05) is 0 Å². The highest BCUT2D eigenvalue weighted by atomic mass is 16.2. The third-order valence-corrected chi connectivity index (χ3v) is 2.79. The number of amides is 1. The smallest absolute Gasteiger partial charge is 0.241 e. The van der Waals surface area contributed by atoms with E-state index in [9.17, 15) is 4.79 Å². The fraction of sp³-hybridized carbons (Fsp3) is 0.462. The van der Waals surface area contributed by atoms with Crippen LogP contribution in [-0.4, -0.2) is 11.4 Å². The SMILES string of the molecule is CCC(C)(C)NC(=O)[C@H](N)c1ccccc1. The molecule has 16 heavy (non-hydrogen) atoms. The molecule has 0 saturated heterocycles. The van der Waals surface area contributed by atoms with E-state index in [0.717, 1.165) is 12.0 Å². The molecule has 1 aromatic carbocycles. The predicted octanol–water partition coefficient (Wildman–Crippen LogP) is 1.99. The quantitative estimate of drug-likeness (QED) is 0.815. The molecule has 88 valence electrons. The Balaban J connectivity index is 2.69. The molecule has 1 aromatic rings. The lowest BCUT2D eigenvalue weighted by molar-refractivity contribution is -0.124. The molecule has 0 aromatic heterocycles. The first-order valence-corrected chi connectivity index (χ1v) is 5.59. The molecule has 1 atom stereocenters. The maximum atomic E-state index is 11.9. The van der Waals surface area contributed by atoms with Gasteiger partial charge in [-0.1, -0.05) is 37.3 Å². The molecule has 0 aliphatic rings. The number of nitrogens with one attached hydrogen (secondary N) is 1. The van der Waals surface area contributed by atoms with Crippen molar-refractivity contribution in [2.45, 2.75) is 38.8 Å². The van der Waals surface area contributed by atoms with Gasteiger partial charge in [-0.3, -0.25) is 4.79 Å². The number of hydrogen-bond donors (Lipinski definition) is 2. The topological polar surface area (TPSA) is 55.1 Å². The van der Waals surface area contributed by atoms with Crippen LogP contribution >= 0.6 is 0 Å². The van der Waals surface area contributed by atoms with Crippen molar-refractivity contribution in [3.8, 4) is 0 Å². The van der Waals surface area contributed by atoms with Crippen LogP contribution in [0.25, 0.3) is 0 Å². The van der Waals surface area contributed by atoms with Crippen LogP contribution in [0, 0.1) is 0 Å². The molecule has 0 aliphatic carbocycles. The molecule has 0 saturated carbocycles. The Labute approximate surface area is 97.0 Å². The molecule has 0 aliphatic heterocycles. The molecule has 0 fully saturated rings. The highest BCUT2D eigenvalue weighted by molar-refractivity contribution is 5.83. The molecule has 0 spiro atoms. The van der Waals surface area contributed by atoms with Gasteiger partial charge in [0.05, 0.1) is 0 Å². The molecule has 1 amide bonds. The number of hydrogen-bond acceptors (Lipinski definition) is 2. The maximum absolute atomic E-state index is 11.9. The van der Waals surface area contributed by atoms with Crippen molar-refractivity contribution >= 4 is 5.91 Å². The van der Waals surface area contributed by atoms with Gasteiger partial charge in [0.25, 0.3) is 0 Å². The largest absolute Gasteiger partial charge is 0.350 e. The summed E-state index contributed by atoms with van der Waals surface area (Å²) >= 11 is 0. The number of benzene rings is 1.